The van der Waals surface area contributed by atoms with E-state index in [0.29, 0.717) is 23.4 Å². The van der Waals surface area contributed by atoms with Gasteiger partial charge >= 0.3 is 6.09 Å². The molecule has 0 aliphatic heterocycles. The van der Waals surface area contributed by atoms with E-state index in [2.05, 4.69) is 23.8 Å². The molecule has 0 fully saturated rings. The maximum absolute atomic E-state index is 14.1. The van der Waals surface area contributed by atoms with Crippen molar-refractivity contribution in [2.45, 2.75) is 58.7 Å². The summed E-state index contributed by atoms with van der Waals surface area (Å²) >= 11 is 0. The number of rotatable bonds is 12. The predicted octanol–water partition coefficient (Wildman–Crippen LogP) is 5.97. The molecular formula is C31H41N3O5. The fraction of sp³-hybridized carbons (Fsp3) is 0.387. The smallest absolute Gasteiger partial charge is 0.408 e. The number of nitrogens with zero attached hydrogens (tertiary/aromatic N) is 1. The van der Waals surface area contributed by atoms with Gasteiger partial charge in [-0.25, -0.2) is 4.79 Å². The molecule has 8 heteroatoms. The van der Waals surface area contributed by atoms with Gasteiger partial charge in [0.2, 0.25) is 5.91 Å². The Labute approximate surface area is 232 Å². The molecule has 0 heterocycles. The van der Waals surface area contributed by atoms with Crippen LogP contribution in [0.15, 0.2) is 67.8 Å². The number of carbonyl (C=O) groups excluding carboxylic acids is 3. The largest absolute Gasteiger partial charge is 0.497 e. The average Bonchev–Trinajstić information content (AvgIpc) is 2.90. The van der Waals surface area contributed by atoms with E-state index < -0.39 is 35.6 Å². The van der Waals surface area contributed by atoms with Crippen LogP contribution in [-0.2, 0) is 14.3 Å². The van der Waals surface area contributed by atoms with Crippen molar-refractivity contribution in [3.05, 3.63) is 78.9 Å². The SMILES string of the molecule is C=CCN(C(=O)C(NC(=O)OC(C)(C)C)C(C)CC)C(C(=O)Nc1ccc(OC)cc1)c1cccc(C=C)c1. The van der Waals surface area contributed by atoms with Crippen molar-refractivity contribution in [1.29, 1.82) is 0 Å². The van der Waals surface area contributed by atoms with Gasteiger partial charge in [0.1, 0.15) is 23.4 Å². The van der Waals surface area contributed by atoms with Gasteiger partial charge in [0.05, 0.1) is 7.11 Å². The maximum atomic E-state index is 14.1. The lowest BCUT2D eigenvalue weighted by molar-refractivity contribution is -0.141. The Morgan fingerprint density at radius 1 is 1.08 bits per heavy atom. The monoisotopic (exact) mass is 535 g/mol. The van der Waals surface area contributed by atoms with E-state index in [0.717, 1.165) is 5.56 Å². The van der Waals surface area contributed by atoms with Gasteiger partial charge in [-0.2, -0.15) is 0 Å². The van der Waals surface area contributed by atoms with Crippen LogP contribution in [0.4, 0.5) is 10.5 Å². The second kappa shape index (κ2) is 14.2. The van der Waals surface area contributed by atoms with Gasteiger partial charge in [-0.05, 0) is 68.1 Å². The Balaban J connectivity index is 2.54. The van der Waals surface area contributed by atoms with Gasteiger partial charge in [-0.15, -0.1) is 6.58 Å². The van der Waals surface area contributed by atoms with Crippen LogP contribution in [0.2, 0.25) is 0 Å². The zero-order chi connectivity index (χ0) is 29.2. The van der Waals surface area contributed by atoms with Gasteiger partial charge in [0.25, 0.3) is 5.91 Å². The number of carbonyl (C=O) groups is 3. The fourth-order valence-electron chi connectivity index (χ4n) is 3.97. The first-order chi connectivity index (χ1) is 18.4. The van der Waals surface area contributed by atoms with E-state index in [1.807, 2.05) is 32.0 Å². The highest BCUT2D eigenvalue weighted by molar-refractivity contribution is 5.99. The third kappa shape index (κ3) is 9.02. The maximum Gasteiger partial charge on any atom is 0.408 e. The van der Waals surface area contributed by atoms with Crippen molar-refractivity contribution in [3.8, 4) is 5.75 Å². The van der Waals surface area contributed by atoms with Crippen LogP contribution >= 0.6 is 0 Å². The number of hydrogen-bond acceptors (Lipinski definition) is 5. The molecule has 2 aromatic rings. The topological polar surface area (TPSA) is 97.0 Å². The predicted molar refractivity (Wildman–Crippen MR) is 155 cm³/mol. The third-order valence-electron chi connectivity index (χ3n) is 6.14. The Hall–Kier alpha value is -4.07. The molecule has 2 rings (SSSR count). The van der Waals surface area contributed by atoms with Crippen LogP contribution in [-0.4, -0.2) is 48.1 Å². The van der Waals surface area contributed by atoms with Crippen molar-refractivity contribution in [3.63, 3.8) is 0 Å². The second-order valence-electron chi connectivity index (χ2n) is 10.3. The number of hydrogen-bond donors (Lipinski definition) is 2. The van der Waals surface area contributed by atoms with E-state index in [4.69, 9.17) is 9.47 Å². The third-order valence-corrected chi connectivity index (χ3v) is 6.14. The first-order valence-electron chi connectivity index (χ1n) is 13.0. The molecular weight excluding hydrogens is 494 g/mol. The summed E-state index contributed by atoms with van der Waals surface area (Å²) in [6.07, 6.45) is 3.15. The zero-order valence-electron chi connectivity index (χ0n) is 23.8. The first kappa shape index (κ1) is 31.1. The number of amides is 3. The molecule has 210 valence electrons. The van der Waals surface area contributed by atoms with Crippen molar-refractivity contribution >= 4 is 29.7 Å². The summed E-state index contributed by atoms with van der Waals surface area (Å²) in [4.78, 5) is 42.1. The summed E-state index contributed by atoms with van der Waals surface area (Å²) < 4.78 is 10.6. The van der Waals surface area contributed by atoms with Crippen molar-refractivity contribution in [2.75, 3.05) is 19.0 Å². The average molecular weight is 536 g/mol. The molecule has 0 aliphatic rings. The highest BCUT2D eigenvalue weighted by Gasteiger charge is 2.37. The van der Waals surface area contributed by atoms with Gasteiger partial charge < -0.3 is 25.0 Å². The van der Waals surface area contributed by atoms with Crippen LogP contribution in [0.1, 0.15) is 58.2 Å². The minimum absolute atomic E-state index is 0.0702. The number of ether oxygens (including phenoxy) is 2. The summed E-state index contributed by atoms with van der Waals surface area (Å²) in [6.45, 7) is 16.8. The van der Waals surface area contributed by atoms with Gasteiger partial charge in [-0.3, -0.25) is 9.59 Å². The molecule has 2 aromatic carbocycles. The molecule has 0 aromatic heterocycles. The second-order valence-corrected chi connectivity index (χ2v) is 10.3. The number of alkyl carbamates (subject to hydrolysis) is 1. The molecule has 0 bridgehead atoms. The molecule has 0 aliphatic carbocycles. The quantitative estimate of drug-likeness (QED) is 0.326. The number of benzene rings is 2. The van der Waals surface area contributed by atoms with E-state index in [1.165, 1.54) is 4.90 Å². The Morgan fingerprint density at radius 2 is 1.74 bits per heavy atom. The number of nitrogens with one attached hydrogen (secondary N) is 2. The lowest BCUT2D eigenvalue weighted by Crippen LogP contribution is -2.54. The van der Waals surface area contributed by atoms with Gasteiger partial charge in [0, 0.05) is 12.2 Å². The van der Waals surface area contributed by atoms with Gasteiger partial charge in [0.15, 0.2) is 0 Å². The van der Waals surface area contributed by atoms with Crippen LogP contribution in [0.25, 0.3) is 6.08 Å². The van der Waals surface area contributed by atoms with Crippen LogP contribution in [0.5, 0.6) is 5.75 Å². The molecule has 0 spiro atoms. The number of methoxy groups -OCH3 is 1. The summed E-state index contributed by atoms with van der Waals surface area (Å²) in [5, 5.41) is 5.66. The van der Waals surface area contributed by atoms with E-state index >= 15 is 0 Å². The minimum Gasteiger partial charge on any atom is -0.497 e. The summed E-state index contributed by atoms with van der Waals surface area (Å²) in [7, 11) is 1.56. The molecule has 3 amide bonds. The van der Waals surface area contributed by atoms with Crippen molar-refractivity contribution in [2.24, 2.45) is 5.92 Å². The molecule has 3 atom stereocenters. The van der Waals surface area contributed by atoms with Gasteiger partial charge in [-0.1, -0.05) is 57.2 Å². The fourth-order valence-corrected chi connectivity index (χ4v) is 3.97. The van der Waals surface area contributed by atoms with E-state index in [1.54, 1.807) is 70.4 Å². The Kier molecular flexibility index (Phi) is 11.3. The molecule has 0 saturated heterocycles. The standard InChI is InChI=1S/C31H41N3O5/c1-9-19-34(29(36)26(21(4)10-2)33-30(37)39-31(5,6)7)27(23-14-12-13-22(11-3)20-23)28(35)32-24-15-17-25(38-8)18-16-24/h9,11-18,20-21,26-27H,1,3,10,19H2,2,4-8H3,(H,32,35)(H,33,37). The molecule has 2 N–H and O–H groups in total. The molecule has 3 unspecified atom stereocenters. The molecule has 39 heavy (non-hydrogen) atoms. The van der Waals surface area contributed by atoms with Crippen LogP contribution < -0.4 is 15.4 Å². The number of anilines is 1. The highest BCUT2D eigenvalue weighted by Crippen LogP contribution is 2.27. The summed E-state index contributed by atoms with van der Waals surface area (Å²) in [5.74, 6) is -0.427. The summed E-state index contributed by atoms with van der Waals surface area (Å²) in [5.41, 5.74) is 1.20. The van der Waals surface area contributed by atoms with E-state index in [9.17, 15) is 14.4 Å². The van der Waals surface area contributed by atoms with Crippen molar-refractivity contribution < 1.29 is 23.9 Å². The normalized spacial score (nSPS) is 13.3. The molecule has 0 radical (unpaired) electrons. The Morgan fingerprint density at radius 3 is 2.28 bits per heavy atom. The van der Waals surface area contributed by atoms with Crippen LogP contribution in [0.3, 0.4) is 0 Å². The van der Waals surface area contributed by atoms with Crippen LogP contribution in [0, 0.1) is 5.92 Å². The lowest BCUT2D eigenvalue weighted by Gasteiger charge is -2.35. The van der Waals surface area contributed by atoms with E-state index in [-0.39, 0.29) is 12.5 Å². The minimum atomic E-state index is -1.02. The Bertz CT molecular complexity index is 1150. The lowest BCUT2D eigenvalue weighted by atomic mass is 9.95. The first-order valence-corrected chi connectivity index (χ1v) is 13.0. The molecule has 0 saturated carbocycles. The zero-order valence-corrected chi connectivity index (χ0v) is 23.8. The summed E-state index contributed by atoms with van der Waals surface area (Å²) in [6, 6.07) is 12.2. The van der Waals surface area contributed by atoms with Crippen molar-refractivity contribution in [1.82, 2.24) is 10.2 Å². The highest BCUT2D eigenvalue weighted by atomic mass is 16.6. The molecule has 8 nitrogen and oxygen atoms in total.